The second-order valence-corrected chi connectivity index (χ2v) is 25.2. The van der Waals surface area contributed by atoms with E-state index in [9.17, 15) is 0 Å². The maximum atomic E-state index is 2.59. The van der Waals surface area contributed by atoms with Crippen molar-refractivity contribution < 1.29 is 14.0 Å². The summed E-state index contributed by atoms with van der Waals surface area (Å²) in [6, 6.07) is 0. The Hall–Kier alpha value is 0.851. The average Bonchev–Trinajstić information content (AvgIpc) is 2.73. The van der Waals surface area contributed by atoms with E-state index in [1.54, 1.807) is 18.9 Å². The van der Waals surface area contributed by atoms with E-state index in [0.29, 0.717) is 0 Å². The van der Waals surface area contributed by atoms with Crippen molar-refractivity contribution in [3.8, 4) is 0 Å². The quantitative estimate of drug-likeness (QED) is 0.547. The van der Waals surface area contributed by atoms with E-state index in [2.05, 4.69) is 56.2 Å². The van der Waals surface area contributed by atoms with Crippen LogP contribution in [0.15, 0.2) is 43.2 Å². The molecular formula is C14H24Br2SiTi. The van der Waals surface area contributed by atoms with Gasteiger partial charge in [-0.2, -0.15) is 0 Å². The second kappa shape index (κ2) is 6.09. The fourth-order valence-electron chi connectivity index (χ4n) is 3.33. The van der Waals surface area contributed by atoms with Crippen LogP contribution in [0.25, 0.3) is 0 Å². The van der Waals surface area contributed by atoms with Gasteiger partial charge in [0.1, 0.15) is 0 Å². The van der Waals surface area contributed by atoms with Crippen LogP contribution < -0.4 is 0 Å². The van der Waals surface area contributed by atoms with Crippen LogP contribution in [0.1, 0.15) is 26.7 Å². The third-order valence-corrected chi connectivity index (χ3v) is 15.7. The predicted molar refractivity (Wildman–Crippen MR) is 93.8 cm³/mol. The van der Waals surface area contributed by atoms with E-state index in [4.69, 9.17) is 0 Å². The molecule has 0 bridgehead atoms. The van der Waals surface area contributed by atoms with Crippen LogP contribution in [0.4, 0.5) is 0 Å². The molecule has 0 aliphatic heterocycles. The first-order valence-corrected chi connectivity index (χ1v) is 14.8. The summed E-state index contributed by atoms with van der Waals surface area (Å²) >= 11 is -2.53. The molecule has 0 spiro atoms. The molecule has 18 heavy (non-hydrogen) atoms. The molecule has 4 heteroatoms. The molecule has 2 aliphatic carbocycles. The van der Waals surface area contributed by atoms with Crippen molar-refractivity contribution in [3.63, 3.8) is 0 Å². The summed E-state index contributed by atoms with van der Waals surface area (Å²) in [6.45, 7) is 4.59. The number of allylic oxidation sites excluding steroid dienone is 8. The fourth-order valence-corrected chi connectivity index (χ4v) is 14.0. The summed E-state index contributed by atoms with van der Waals surface area (Å²) in [4.78, 5) is 0. The summed E-state index contributed by atoms with van der Waals surface area (Å²) in [5, 5.41) is 5.18. The van der Waals surface area contributed by atoms with Crippen molar-refractivity contribution in [2.45, 2.75) is 37.1 Å². The number of halogens is 2. The number of hydrogen-bond acceptors (Lipinski definition) is 0. The fraction of sp³-hybridized carbons (Fsp3) is 0.429. The molecule has 0 atom stereocenters. The molecule has 2 rings (SSSR count). The average molecular weight is 428 g/mol. The zero-order chi connectivity index (χ0) is 12.0. The third-order valence-electron chi connectivity index (χ3n) is 4.27. The summed E-state index contributed by atoms with van der Waals surface area (Å²) in [5.74, 6) is 0. The zero-order valence-electron chi connectivity index (χ0n) is 11.7. The van der Waals surface area contributed by atoms with E-state index in [0.717, 1.165) is 0 Å². The molecule has 0 N–H and O–H groups in total. The van der Waals surface area contributed by atoms with Gasteiger partial charge in [-0.15, -0.1) is 34.0 Å². The predicted octanol–water partition coefficient (Wildman–Crippen LogP) is 4.94. The molecule has 0 heterocycles. The summed E-state index contributed by atoms with van der Waals surface area (Å²) in [5.41, 5.74) is 3.09. The maximum absolute atomic E-state index is 2.59. The molecule has 0 unspecified atom stereocenters. The second-order valence-electron chi connectivity index (χ2n) is 6.22. The molecular weight excluding hydrogens is 404 g/mol. The molecule has 0 radical (unpaired) electrons. The Bertz CT molecular complexity index is 488. The van der Waals surface area contributed by atoms with E-state index < -0.39 is 14.0 Å². The molecule has 0 nitrogen and oxygen atoms in total. The Morgan fingerprint density at radius 3 is 1.44 bits per heavy atom. The monoisotopic (exact) mass is 426 g/mol. The van der Waals surface area contributed by atoms with Crippen molar-refractivity contribution in [2.24, 2.45) is 0 Å². The van der Waals surface area contributed by atoms with Gasteiger partial charge < -0.3 is 0 Å². The van der Waals surface area contributed by atoms with Gasteiger partial charge in [0, 0.05) is 0 Å². The van der Waals surface area contributed by atoms with E-state index in [-0.39, 0.29) is 34.0 Å². The van der Waals surface area contributed by atoms with E-state index in [1.165, 1.54) is 12.8 Å². The normalized spacial score (nSPS) is 19.2. The van der Waals surface area contributed by atoms with Crippen LogP contribution in [-0.2, 0) is 14.0 Å². The van der Waals surface area contributed by atoms with Gasteiger partial charge in [0.05, 0.1) is 0 Å². The molecule has 102 valence electrons. The van der Waals surface area contributed by atoms with Crippen LogP contribution in [0, 0.1) is 0 Å². The van der Waals surface area contributed by atoms with E-state index >= 15 is 0 Å². The summed E-state index contributed by atoms with van der Waals surface area (Å²) < 4.78 is 3.57. The molecule has 0 fully saturated rings. The van der Waals surface area contributed by atoms with Crippen molar-refractivity contribution >= 4 is 41.6 Å². The van der Waals surface area contributed by atoms with Crippen molar-refractivity contribution in [1.82, 2.24) is 0 Å². The molecule has 0 amide bonds. The Balaban J connectivity index is 0.00000144. The van der Waals surface area contributed by atoms with Crippen LogP contribution in [0.5, 0.6) is 0 Å². The van der Waals surface area contributed by atoms with Gasteiger partial charge in [-0.3, -0.25) is 0 Å². The van der Waals surface area contributed by atoms with Crippen LogP contribution in [-0.4, -0.2) is 7.63 Å². The molecule has 0 saturated carbocycles. The van der Waals surface area contributed by atoms with Crippen LogP contribution in [0.3, 0.4) is 0 Å². The van der Waals surface area contributed by atoms with Gasteiger partial charge in [-0.1, -0.05) is 0 Å². The Labute approximate surface area is 135 Å². The van der Waals surface area contributed by atoms with Gasteiger partial charge >= 0.3 is 102 Å². The van der Waals surface area contributed by atoms with Crippen LogP contribution in [0.2, 0.25) is 10.5 Å². The number of hydrogen-bond donors (Lipinski definition) is 0. The molecule has 0 saturated heterocycles. The summed E-state index contributed by atoms with van der Waals surface area (Å²) in [6.07, 6.45) is 11.7. The van der Waals surface area contributed by atoms with Crippen molar-refractivity contribution in [2.75, 3.05) is 0 Å². The zero-order valence-corrected chi connectivity index (χ0v) is 18.1. The first kappa shape index (κ1) is 18.9. The first-order valence-electron chi connectivity index (χ1n) is 6.12. The Morgan fingerprint density at radius 2 is 1.22 bits per heavy atom. The van der Waals surface area contributed by atoms with Gasteiger partial charge in [-0.25, -0.2) is 0 Å². The molecule has 0 aromatic rings. The Morgan fingerprint density at radius 1 is 0.889 bits per heavy atom. The first-order chi connectivity index (χ1) is 7.31. The van der Waals surface area contributed by atoms with Crippen molar-refractivity contribution in [3.05, 3.63) is 43.2 Å². The number of rotatable bonds is 2. The standard InChI is InChI=1S/2C6H7.2CH3.2BrH.H2Si.Ti/c2*1-6-4-2-3-5-6;;;;;;/h2*2,4H,3H2,1H3;2*1H3;2*1H;1H2;. The summed E-state index contributed by atoms with van der Waals surface area (Å²) in [7, 11) is 2.34. The van der Waals surface area contributed by atoms with Gasteiger partial charge in [0.25, 0.3) is 0 Å². The van der Waals surface area contributed by atoms with Crippen LogP contribution >= 0.6 is 34.0 Å². The third kappa shape index (κ3) is 3.12. The minimum atomic E-state index is -2.53. The van der Waals surface area contributed by atoms with Gasteiger partial charge in [-0.05, 0) is 0 Å². The minimum absolute atomic E-state index is 0. The molecule has 0 aromatic carbocycles. The van der Waals surface area contributed by atoms with E-state index in [1.807, 2.05) is 0 Å². The SMILES string of the molecule is Br.Br.CC1=[C]([Ti]([CH3])([CH3])(=[SiH2])[C]2=C(C)C=CC2)CC=C1. The topological polar surface area (TPSA) is 0 Å². The molecule has 2 aliphatic rings. The van der Waals surface area contributed by atoms with Gasteiger partial charge in [0.2, 0.25) is 0 Å². The molecule has 0 aromatic heterocycles. The van der Waals surface area contributed by atoms with Gasteiger partial charge in [0.15, 0.2) is 0 Å². The Kier molecular flexibility index (Phi) is 6.38. The van der Waals surface area contributed by atoms with Crippen molar-refractivity contribution in [1.29, 1.82) is 0 Å².